The summed E-state index contributed by atoms with van der Waals surface area (Å²) in [6, 6.07) is 8.34. The maximum atomic E-state index is 10.8. The van der Waals surface area contributed by atoms with E-state index < -0.39 is 20.2 Å². The largest absolute Gasteiger partial charge is 0.399 e. The second-order valence-electron chi connectivity index (χ2n) is 5.00. The number of nitrogens with two attached hydrogens (primary N) is 2. The van der Waals surface area contributed by atoms with E-state index in [9.17, 15) is 16.8 Å². The van der Waals surface area contributed by atoms with Gasteiger partial charge in [0, 0.05) is 11.4 Å². The van der Waals surface area contributed by atoms with E-state index in [-0.39, 0.29) is 9.79 Å². The highest BCUT2D eigenvalue weighted by Gasteiger charge is 2.14. The Morgan fingerprint density at radius 2 is 1.42 bits per heavy atom. The van der Waals surface area contributed by atoms with Crippen LogP contribution in [0.3, 0.4) is 0 Å². The number of rotatable bonds is 2. The van der Waals surface area contributed by atoms with Crippen molar-refractivity contribution in [2.45, 2.75) is 23.6 Å². The molecule has 0 aliphatic rings. The van der Waals surface area contributed by atoms with Gasteiger partial charge in [0.1, 0.15) is 0 Å². The molecule has 0 heterocycles. The summed E-state index contributed by atoms with van der Waals surface area (Å²) in [5.41, 5.74) is 12.7. The topological polar surface area (TPSA) is 161 Å². The number of hydrogen-bond donors (Lipinski definition) is 4. The summed E-state index contributed by atoms with van der Waals surface area (Å²) in [6.45, 7) is 3.27. The first-order valence-electron chi connectivity index (χ1n) is 6.49. The molecule has 0 aliphatic carbocycles. The lowest BCUT2D eigenvalue weighted by atomic mass is 10.1. The van der Waals surface area contributed by atoms with E-state index in [0.29, 0.717) is 22.5 Å². The molecular formula is C14H18N2O6S2. The van der Waals surface area contributed by atoms with Crippen molar-refractivity contribution in [2.24, 2.45) is 0 Å². The van der Waals surface area contributed by atoms with E-state index in [1.807, 2.05) is 0 Å². The molecule has 0 fully saturated rings. The van der Waals surface area contributed by atoms with Crippen LogP contribution in [0, 0.1) is 13.8 Å². The fraction of sp³-hybridized carbons (Fsp3) is 0.143. The first kappa shape index (κ1) is 19.9. The minimum absolute atomic E-state index is 0.0841. The second kappa shape index (κ2) is 7.18. The molecule has 10 heteroatoms. The van der Waals surface area contributed by atoms with Gasteiger partial charge in [0.05, 0.1) is 9.79 Å². The second-order valence-corrected chi connectivity index (χ2v) is 7.81. The minimum Gasteiger partial charge on any atom is -0.399 e. The van der Waals surface area contributed by atoms with Gasteiger partial charge in [-0.3, -0.25) is 9.11 Å². The molecule has 0 aliphatic heterocycles. The molecule has 24 heavy (non-hydrogen) atoms. The van der Waals surface area contributed by atoms with Crippen molar-refractivity contribution in [3.8, 4) is 0 Å². The lowest BCUT2D eigenvalue weighted by Crippen LogP contribution is -2.03. The van der Waals surface area contributed by atoms with Crippen LogP contribution in [0.15, 0.2) is 46.2 Å². The molecule has 0 spiro atoms. The molecule has 0 saturated carbocycles. The molecule has 0 bridgehead atoms. The van der Waals surface area contributed by atoms with E-state index in [0.717, 1.165) is 0 Å². The molecular weight excluding hydrogens is 356 g/mol. The van der Waals surface area contributed by atoms with Crippen LogP contribution in [-0.2, 0) is 20.2 Å². The van der Waals surface area contributed by atoms with Crippen molar-refractivity contribution in [2.75, 3.05) is 11.5 Å². The van der Waals surface area contributed by atoms with Gasteiger partial charge in [-0.05, 0) is 55.3 Å². The Morgan fingerprint density at radius 1 is 0.833 bits per heavy atom. The van der Waals surface area contributed by atoms with Crippen molar-refractivity contribution in [3.63, 3.8) is 0 Å². The third kappa shape index (κ3) is 5.49. The number of benzene rings is 2. The monoisotopic (exact) mass is 374 g/mol. The van der Waals surface area contributed by atoms with E-state index in [4.69, 9.17) is 20.6 Å². The van der Waals surface area contributed by atoms with Gasteiger partial charge in [0.25, 0.3) is 20.2 Å². The number of nitrogen functional groups attached to an aromatic ring is 2. The van der Waals surface area contributed by atoms with Gasteiger partial charge < -0.3 is 11.5 Å². The Hall–Kier alpha value is -2.14. The molecule has 2 rings (SSSR count). The SMILES string of the molecule is Cc1cc(S(=O)(=O)O)c(C)cc1N.Nc1cccc(S(=O)(=O)O)c1. The highest BCUT2D eigenvalue weighted by atomic mass is 32.2. The van der Waals surface area contributed by atoms with Crippen molar-refractivity contribution in [3.05, 3.63) is 47.5 Å². The van der Waals surface area contributed by atoms with Gasteiger partial charge in [-0.25, -0.2) is 0 Å². The molecule has 0 amide bonds. The minimum atomic E-state index is -4.13. The smallest absolute Gasteiger partial charge is 0.294 e. The van der Waals surface area contributed by atoms with Crippen LogP contribution in [0.5, 0.6) is 0 Å². The van der Waals surface area contributed by atoms with Crippen molar-refractivity contribution >= 4 is 31.6 Å². The van der Waals surface area contributed by atoms with Crippen LogP contribution in [0.1, 0.15) is 11.1 Å². The third-order valence-corrected chi connectivity index (χ3v) is 4.84. The lowest BCUT2D eigenvalue weighted by molar-refractivity contribution is 0.480. The molecule has 6 N–H and O–H groups in total. The first-order chi connectivity index (χ1) is 10.8. The Morgan fingerprint density at radius 3 is 1.83 bits per heavy atom. The predicted octanol–water partition coefficient (Wildman–Crippen LogP) is 1.65. The zero-order chi connectivity index (χ0) is 18.7. The van der Waals surface area contributed by atoms with Gasteiger partial charge in [-0.1, -0.05) is 6.07 Å². The van der Waals surface area contributed by atoms with Gasteiger partial charge in [-0.2, -0.15) is 16.8 Å². The zero-order valence-corrected chi connectivity index (χ0v) is 14.6. The molecule has 2 aromatic carbocycles. The van der Waals surface area contributed by atoms with E-state index in [1.165, 1.54) is 36.4 Å². The predicted molar refractivity (Wildman–Crippen MR) is 90.8 cm³/mol. The number of anilines is 2. The summed E-state index contributed by atoms with van der Waals surface area (Å²) in [7, 11) is -8.23. The summed E-state index contributed by atoms with van der Waals surface area (Å²) in [5, 5.41) is 0. The fourth-order valence-electron chi connectivity index (χ4n) is 1.76. The van der Waals surface area contributed by atoms with E-state index >= 15 is 0 Å². The van der Waals surface area contributed by atoms with Crippen LogP contribution in [0.4, 0.5) is 11.4 Å². The normalized spacial score (nSPS) is 11.5. The standard InChI is InChI=1S/C8H11NO3S.C6H7NO3S/c1-5-4-8(13(10,11)12)6(2)3-7(5)9;7-5-2-1-3-6(4-5)11(8,9)10/h3-4H,9H2,1-2H3,(H,10,11,12);1-4H,7H2,(H,8,9,10). The summed E-state index contributed by atoms with van der Waals surface area (Å²) >= 11 is 0. The van der Waals surface area contributed by atoms with Gasteiger partial charge >= 0.3 is 0 Å². The van der Waals surface area contributed by atoms with Crippen LogP contribution in [-0.4, -0.2) is 25.9 Å². The van der Waals surface area contributed by atoms with E-state index in [2.05, 4.69) is 0 Å². The van der Waals surface area contributed by atoms with Crippen LogP contribution < -0.4 is 11.5 Å². The quantitative estimate of drug-likeness (QED) is 0.455. The Bertz CT molecular complexity index is 953. The van der Waals surface area contributed by atoms with Gasteiger partial charge in [0.2, 0.25) is 0 Å². The molecule has 0 unspecified atom stereocenters. The third-order valence-electron chi connectivity index (χ3n) is 3.00. The van der Waals surface area contributed by atoms with Gasteiger partial charge in [-0.15, -0.1) is 0 Å². The summed E-state index contributed by atoms with van der Waals surface area (Å²) in [5.74, 6) is 0. The average molecular weight is 374 g/mol. The van der Waals surface area contributed by atoms with Crippen LogP contribution >= 0.6 is 0 Å². The average Bonchev–Trinajstić information content (AvgIpc) is 2.41. The Kier molecular flexibility index (Phi) is 5.95. The number of aryl methyl sites for hydroxylation is 2. The Balaban J connectivity index is 0.000000243. The maximum Gasteiger partial charge on any atom is 0.294 e. The van der Waals surface area contributed by atoms with Crippen molar-refractivity contribution in [1.29, 1.82) is 0 Å². The summed E-state index contributed by atoms with van der Waals surface area (Å²) in [4.78, 5) is -0.267. The van der Waals surface area contributed by atoms with Crippen LogP contribution in [0.2, 0.25) is 0 Å². The fourth-order valence-corrected chi connectivity index (χ4v) is 3.09. The van der Waals surface area contributed by atoms with Crippen molar-refractivity contribution in [1.82, 2.24) is 0 Å². The summed E-state index contributed by atoms with van der Waals surface area (Å²) < 4.78 is 60.0. The highest BCUT2D eigenvalue weighted by Crippen LogP contribution is 2.21. The molecule has 0 radical (unpaired) electrons. The number of hydrogen-bond acceptors (Lipinski definition) is 6. The van der Waals surface area contributed by atoms with Gasteiger partial charge in [0.15, 0.2) is 0 Å². The molecule has 132 valence electrons. The molecule has 2 aromatic rings. The lowest BCUT2D eigenvalue weighted by Gasteiger charge is -2.06. The van der Waals surface area contributed by atoms with E-state index in [1.54, 1.807) is 13.8 Å². The zero-order valence-electron chi connectivity index (χ0n) is 13.0. The Labute approximate surface area is 140 Å². The first-order valence-corrected chi connectivity index (χ1v) is 9.37. The summed E-state index contributed by atoms with van der Waals surface area (Å²) in [6.07, 6.45) is 0. The van der Waals surface area contributed by atoms with Crippen LogP contribution in [0.25, 0.3) is 0 Å². The molecule has 0 aromatic heterocycles. The molecule has 0 atom stereocenters. The maximum absolute atomic E-state index is 10.8. The van der Waals surface area contributed by atoms with Crippen molar-refractivity contribution < 1.29 is 25.9 Å². The molecule has 8 nitrogen and oxygen atoms in total. The molecule has 0 saturated heterocycles. The highest BCUT2D eigenvalue weighted by molar-refractivity contribution is 7.86.